The van der Waals surface area contributed by atoms with Crippen LogP contribution in [0.3, 0.4) is 0 Å². The van der Waals surface area contributed by atoms with E-state index in [1.165, 1.54) is 0 Å². The van der Waals surface area contributed by atoms with Gasteiger partial charge in [-0.3, -0.25) is 4.79 Å². The molecule has 2 aromatic carbocycles. The Balaban J connectivity index is 1.71. The number of benzene rings is 2. The van der Waals surface area contributed by atoms with Gasteiger partial charge in [0.05, 0.1) is 0 Å². The average molecular weight is 363 g/mol. The summed E-state index contributed by atoms with van der Waals surface area (Å²) in [6.45, 7) is 3.47. The standard InChI is InChI=1S/C22H21NO4/c1-15-13-19(16(2)23(15)3)20(24)14-26-22(25)18-11-7-8-12-21(18)27-17-9-5-4-6-10-17/h4-13H,14H2,1-3H3. The number of ketones is 1. The summed E-state index contributed by atoms with van der Waals surface area (Å²) in [5.41, 5.74) is 2.66. The maximum Gasteiger partial charge on any atom is 0.342 e. The lowest BCUT2D eigenvalue weighted by molar-refractivity contribution is 0.0472. The van der Waals surface area contributed by atoms with Gasteiger partial charge in [-0.1, -0.05) is 30.3 Å². The normalized spacial score (nSPS) is 10.5. The van der Waals surface area contributed by atoms with Crippen LogP contribution < -0.4 is 4.74 Å². The van der Waals surface area contributed by atoms with E-state index in [0.29, 0.717) is 17.1 Å². The fourth-order valence-electron chi connectivity index (χ4n) is 2.76. The van der Waals surface area contributed by atoms with Gasteiger partial charge in [0.2, 0.25) is 5.78 Å². The first kappa shape index (κ1) is 18.5. The van der Waals surface area contributed by atoms with Gasteiger partial charge in [-0.2, -0.15) is 0 Å². The van der Waals surface area contributed by atoms with Gasteiger partial charge in [0.25, 0.3) is 0 Å². The van der Waals surface area contributed by atoms with Crippen molar-refractivity contribution in [3.63, 3.8) is 0 Å². The first-order chi connectivity index (χ1) is 13.0. The Morgan fingerprint density at radius 3 is 2.26 bits per heavy atom. The Morgan fingerprint density at radius 1 is 0.926 bits per heavy atom. The molecule has 1 heterocycles. The molecule has 0 unspecified atom stereocenters. The van der Waals surface area contributed by atoms with Crippen LogP contribution in [0.25, 0.3) is 0 Å². The van der Waals surface area contributed by atoms with E-state index in [-0.39, 0.29) is 18.0 Å². The molecule has 0 saturated carbocycles. The Hall–Kier alpha value is -3.34. The molecular weight excluding hydrogens is 342 g/mol. The van der Waals surface area contributed by atoms with Crippen molar-refractivity contribution < 1.29 is 19.1 Å². The highest BCUT2D eigenvalue weighted by Gasteiger charge is 2.19. The van der Waals surface area contributed by atoms with Crippen LogP contribution in [0.4, 0.5) is 0 Å². The van der Waals surface area contributed by atoms with Crippen LogP contribution in [0, 0.1) is 13.8 Å². The maximum absolute atomic E-state index is 12.5. The fourth-order valence-corrected chi connectivity index (χ4v) is 2.76. The van der Waals surface area contributed by atoms with Gasteiger partial charge in [-0.05, 0) is 44.2 Å². The highest BCUT2D eigenvalue weighted by atomic mass is 16.5. The molecule has 0 fully saturated rings. The van der Waals surface area contributed by atoms with Crippen LogP contribution in [-0.4, -0.2) is 22.9 Å². The molecule has 5 nitrogen and oxygen atoms in total. The Morgan fingerprint density at radius 2 is 1.59 bits per heavy atom. The number of nitrogens with zero attached hydrogens (tertiary/aromatic N) is 1. The molecule has 0 atom stereocenters. The number of aromatic nitrogens is 1. The van der Waals surface area contributed by atoms with Gasteiger partial charge in [0, 0.05) is 24.0 Å². The van der Waals surface area contributed by atoms with Crippen LogP contribution in [0.1, 0.15) is 32.1 Å². The molecule has 0 radical (unpaired) electrons. The summed E-state index contributed by atoms with van der Waals surface area (Å²) in [5.74, 6) is 0.170. The zero-order valence-corrected chi connectivity index (χ0v) is 15.6. The molecule has 3 aromatic rings. The number of rotatable bonds is 6. The van der Waals surface area contributed by atoms with Crippen LogP contribution in [0.5, 0.6) is 11.5 Å². The van der Waals surface area contributed by atoms with Gasteiger partial charge in [0.1, 0.15) is 17.1 Å². The molecule has 27 heavy (non-hydrogen) atoms. The Kier molecular flexibility index (Phi) is 5.41. The van der Waals surface area contributed by atoms with Crippen molar-refractivity contribution in [2.24, 2.45) is 7.05 Å². The highest BCUT2D eigenvalue weighted by molar-refractivity contribution is 6.01. The van der Waals surface area contributed by atoms with Crippen molar-refractivity contribution in [2.75, 3.05) is 6.61 Å². The first-order valence-electron chi connectivity index (χ1n) is 8.62. The van der Waals surface area contributed by atoms with Crippen LogP contribution in [0.2, 0.25) is 0 Å². The Bertz CT molecular complexity index is 973. The number of hydrogen-bond donors (Lipinski definition) is 0. The van der Waals surface area contributed by atoms with Crippen molar-refractivity contribution >= 4 is 11.8 Å². The monoisotopic (exact) mass is 363 g/mol. The van der Waals surface area contributed by atoms with E-state index in [9.17, 15) is 9.59 Å². The van der Waals surface area contributed by atoms with E-state index in [0.717, 1.165) is 11.4 Å². The summed E-state index contributed by atoms with van der Waals surface area (Å²) < 4.78 is 12.9. The van der Waals surface area contributed by atoms with Gasteiger partial charge in [0.15, 0.2) is 6.61 Å². The highest BCUT2D eigenvalue weighted by Crippen LogP contribution is 2.25. The van der Waals surface area contributed by atoms with Crippen molar-refractivity contribution in [3.05, 3.63) is 83.2 Å². The second kappa shape index (κ2) is 7.91. The molecule has 0 aliphatic heterocycles. The number of carbonyl (C=O) groups is 2. The summed E-state index contributed by atoms with van der Waals surface area (Å²) in [7, 11) is 1.89. The van der Waals surface area contributed by atoms with Crippen molar-refractivity contribution in [1.82, 2.24) is 4.57 Å². The quantitative estimate of drug-likeness (QED) is 0.479. The molecule has 0 amide bonds. The zero-order chi connectivity index (χ0) is 19.4. The van der Waals surface area contributed by atoms with Gasteiger partial charge in [-0.25, -0.2) is 4.79 Å². The van der Waals surface area contributed by atoms with Gasteiger partial charge >= 0.3 is 5.97 Å². The number of esters is 1. The second-order valence-corrected chi connectivity index (χ2v) is 6.25. The van der Waals surface area contributed by atoms with E-state index in [1.807, 2.05) is 43.7 Å². The summed E-state index contributed by atoms with van der Waals surface area (Å²) in [5, 5.41) is 0. The minimum absolute atomic E-state index is 0.231. The molecule has 0 bridgehead atoms. The predicted octanol–water partition coefficient (Wildman–Crippen LogP) is 4.47. The summed E-state index contributed by atoms with van der Waals surface area (Å²) >= 11 is 0. The molecule has 0 aliphatic carbocycles. The number of carbonyl (C=O) groups excluding carboxylic acids is 2. The Labute approximate surface area is 158 Å². The number of hydrogen-bond acceptors (Lipinski definition) is 4. The number of aryl methyl sites for hydroxylation is 1. The topological polar surface area (TPSA) is 57.5 Å². The van der Waals surface area contributed by atoms with Crippen LogP contribution in [-0.2, 0) is 11.8 Å². The molecule has 0 N–H and O–H groups in total. The third-order valence-corrected chi connectivity index (χ3v) is 4.49. The SMILES string of the molecule is Cc1cc(C(=O)COC(=O)c2ccccc2Oc2ccccc2)c(C)n1C. The zero-order valence-electron chi connectivity index (χ0n) is 15.6. The molecule has 1 aromatic heterocycles. The summed E-state index contributed by atoms with van der Waals surface area (Å²) in [4.78, 5) is 24.9. The number of para-hydroxylation sites is 2. The number of Topliss-reactive ketones (excluding diaryl/α,β-unsaturated/α-hetero) is 1. The molecule has 0 saturated heterocycles. The van der Waals surface area contributed by atoms with E-state index >= 15 is 0 Å². The molecule has 5 heteroatoms. The van der Waals surface area contributed by atoms with Gasteiger partial charge < -0.3 is 14.0 Å². The van der Waals surface area contributed by atoms with Crippen LogP contribution >= 0.6 is 0 Å². The van der Waals surface area contributed by atoms with Gasteiger partial charge in [-0.15, -0.1) is 0 Å². The largest absolute Gasteiger partial charge is 0.456 e. The lowest BCUT2D eigenvalue weighted by Gasteiger charge is -2.10. The second-order valence-electron chi connectivity index (χ2n) is 6.25. The molecular formula is C22H21NO4. The first-order valence-corrected chi connectivity index (χ1v) is 8.62. The minimum Gasteiger partial charge on any atom is -0.456 e. The molecule has 138 valence electrons. The third-order valence-electron chi connectivity index (χ3n) is 4.49. The molecule has 0 aliphatic rings. The summed E-state index contributed by atoms with van der Waals surface area (Å²) in [6, 6.07) is 17.8. The van der Waals surface area contributed by atoms with Crippen molar-refractivity contribution in [1.29, 1.82) is 0 Å². The third kappa shape index (κ3) is 4.08. The summed E-state index contributed by atoms with van der Waals surface area (Å²) in [6.07, 6.45) is 0. The van der Waals surface area contributed by atoms with Crippen molar-refractivity contribution in [2.45, 2.75) is 13.8 Å². The maximum atomic E-state index is 12.5. The van der Waals surface area contributed by atoms with E-state index in [1.54, 1.807) is 42.5 Å². The lowest BCUT2D eigenvalue weighted by atomic mass is 10.1. The van der Waals surface area contributed by atoms with Crippen LogP contribution in [0.15, 0.2) is 60.7 Å². The number of ether oxygens (including phenoxy) is 2. The molecule has 3 rings (SSSR count). The minimum atomic E-state index is -0.597. The van der Waals surface area contributed by atoms with E-state index in [4.69, 9.17) is 9.47 Å². The molecule has 0 spiro atoms. The average Bonchev–Trinajstić information content (AvgIpc) is 2.94. The van der Waals surface area contributed by atoms with Crippen molar-refractivity contribution in [3.8, 4) is 11.5 Å². The lowest BCUT2D eigenvalue weighted by Crippen LogP contribution is -2.15. The predicted molar refractivity (Wildman–Crippen MR) is 102 cm³/mol. The smallest absolute Gasteiger partial charge is 0.342 e. The fraction of sp³-hybridized carbons (Fsp3) is 0.182. The van der Waals surface area contributed by atoms with E-state index in [2.05, 4.69) is 0 Å². The van der Waals surface area contributed by atoms with E-state index < -0.39 is 5.97 Å².